The van der Waals surface area contributed by atoms with Gasteiger partial charge in [0, 0.05) is 31.4 Å². The van der Waals surface area contributed by atoms with Crippen LogP contribution in [-0.4, -0.2) is 37.6 Å². The highest BCUT2D eigenvalue weighted by Gasteiger charge is 2.38. The molecule has 202 valence electrons. The van der Waals surface area contributed by atoms with E-state index in [1.165, 1.54) is 102 Å². The van der Waals surface area contributed by atoms with Gasteiger partial charge in [-0.2, -0.15) is 0 Å². The normalized spacial score (nSPS) is 21.3. The lowest BCUT2D eigenvalue weighted by Crippen LogP contribution is -2.49. The van der Waals surface area contributed by atoms with Crippen LogP contribution >= 0.6 is 11.8 Å². The van der Waals surface area contributed by atoms with E-state index in [-0.39, 0.29) is 5.12 Å². The second-order valence-electron chi connectivity index (χ2n) is 10.1. The minimum absolute atomic E-state index is 0.254. The predicted molar refractivity (Wildman–Crippen MR) is 148 cm³/mol. The van der Waals surface area contributed by atoms with E-state index in [9.17, 15) is 9.59 Å². The summed E-state index contributed by atoms with van der Waals surface area (Å²) in [5, 5.41) is 0.254. The molecule has 5 nitrogen and oxygen atoms in total. The Hall–Kier alpha value is 0.0769. The van der Waals surface area contributed by atoms with Gasteiger partial charge >= 0.3 is 8.80 Å². The number of carbonyl (C=O) groups is 1. The Morgan fingerprint density at radius 3 is 2.09 bits per heavy atom. The maximum absolute atomic E-state index is 11.7. The van der Waals surface area contributed by atoms with Gasteiger partial charge in [-0.05, 0) is 31.6 Å². The quantitative estimate of drug-likeness (QED) is 0.120. The van der Waals surface area contributed by atoms with Crippen LogP contribution < -0.4 is 5.48 Å². The van der Waals surface area contributed by atoms with Crippen molar-refractivity contribution in [1.82, 2.24) is 5.48 Å². The third-order valence-electron chi connectivity index (χ3n) is 6.81. The molecule has 0 saturated carbocycles. The highest BCUT2D eigenvalue weighted by atomic mass is 32.2. The lowest BCUT2D eigenvalue weighted by atomic mass is 9.97. The maximum Gasteiger partial charge on any atom is 0.515 e. The Bertz CT molecular complexity index is 474. The second-order valence-corrected chi connectivity index (χ2v) is 13.7. The van der Waals surface area contributed by atoms with Crippen LogP contribution in [0.25, 0.3) is 0 Å². The van der Waals surface area contributed by atoms with Crippen molar-refractivity contribution >= 4 is 25.7 Å². The Morgan fingerprint density at radius 1 is 0.882 bits per heavy atom. The molecule has 0 aliphatic carbocycles. The second kappa shape index (κ2) is 22.3. The van der Waals surface area contributed by atoms with Crippen molar-refractivity contribution in [2.24, 2.45) is 5.92 Å². The molecule has 34 heavy (non-hydrogen) atoms. The third kappa shape index (κ3) is 18.4. The standard InChI is InChI=1S/C27H55NO4SSi/c1-3-5-7-8-9-10-11-12-13-14-15-16-17-19-26-21-22-31-34(30,32-28-25-26)24-18-23-33-27(29)20-6-4-2/h26,28,30H,3-25H2,1-2H3. The first-order chi connectivity index (χ1) is 16.6. The molecule has 1 rings (SSSR count). The molecule has 2 atom stereocenters. The average molecular weight is 518 g/mol. The molecule has 0 radical (unpaired) electrons. The minimum Gasteiger partial charge on any atom is -0.389 e. The van der Waals surface area contributed by atoms with Crippen LogP contribution in [0.4, 0.5) is 0 Å². The van der Waals surface area contributed by atoms with E-state index in [2.05, 4.69) is 19.3 Å². The van der Waals surface area contributed by atoms with Crippen molar-refractivity contribution in [2.75, 3.05) is 18.9 Å². The molecule has 1 saturated heterocycles. The van der Waals surface area contributed by atoms with Crippen molar-refractivity contribution < 1.29 is 18.5 Å². The summed E-state index contributed by atoms with van der Waals surface area (Å²) in [5.74, 6) is 1.28. The smallest absolute Gasteiger partial charge is 0.389 e. The van der Waals surface area contributed by atoms with Crippen molar-refractivity contribution in [1.29, 1.82) is 0 Å². The number of carbonyl (C=O) groups excluding carboxylic acids is 1. The Morgan fingerprint density at radius 2 is 1.47 bits per heavy atom. The molecule has 0 aromatic carbocycles. The van der Waals surface area contributed by atoms with Crippen LogP contribution in [0.2, 0.25) is 6.04 Å². The van der Waals surface area contributed by atoms with E-state index >= 15 is 0 Å². The van der Waals surface area contributed by atoms with Crippen molar-refractivity contribution in [2.45, 2.75) is 142 Å². The number of nitrogens with one attached hydrogen (secondary N) is 1. The number of unbranched alkanes of at least 4 members (excludes halogenated alkanes) is 13. The number of rotatable bonds is 21. The largest absolute Gasteiger partial charge is 0.515 e. The zero-order chi connectivity index (χ0) is 24.7. The highest BCUT2D eigenvalue weighted by molar-refractivity contribution is 8.13. The predicted octanol–water partition coefficient (Wildman–Crippen LogP) is 7.80. The fourth-order valence-corrected chi connectivity index (χ4v) is 7.22. The summed E-state index contributed by atoms with van der Waals surface area (Å²) in [5.41, 5.74) is 3.02. The summed E-state index contributed by atoms with van der Waals surface area (Å²) < 4.78 is 11.4. The van der Waals surface area contributed by atoms with Gasteiger partial charge in [0.15, 0.2) is 5.12 Å². The zero-order valence-electron chi connectivity index (χ0n) is 22.4. The molecule has 1 heterocycles. The van der Waals surface area contributed by atoms with Crippen LogP contribution in [0, 0.1) is 5.92 Å². The van der Waals surface area contributed by atoms with Crippen molar-refractivity contribution in [3.63, 3.8) is 0 Å². The maximum atomic E-state index is 11.7. The molecule has 7 heteroatoms. The first-order valence-corrected chi connectivity index (χ1v) is 17.5. The first kappa shape index (κ1) is 32.1. The summed E-state index contributed by atoms with van der Waals surface area (Å²) in [6.07, 6.45) is 23.6. The Kier molecular flexibility index (Phi) is 21.0. The monoisotopic (exact) mass is 517 g/mol. The lowest BCUT2D eigenvalue weighted by molar-refractivity contribution is -0.111. The van der Waals surface area contributed by atoms with E-state index in [1.807, 2.05) is 0 Å². The molecule has 1 fully saturated rings. The van der Waals surface area contributed by atoms with E-state index in [0.29, 0.717) is 25.0 Å². The van der Waals surface area contributed by atoms with Gasteiger partial charge in [0.2, 0.25) is 0 Å². The highest BCUT2D eigenvalue weighted by Crippen LogP contribution is 2.22. The van der Waals surface area contributed by atoms with Crippen molar-refractivity contribution in [3.05, 3.63) is 0 Å². The van der Waals surface area contributed by atoms with Crippen LogP contribution in [-0.2, 0) is 13.7 Å². The van der Waals surface area contributed by atoms with Gasteiger partial charge in [0.1, 0.15) is 0 Å². The van der Waals surface area contributed by atoms with E-state index < -0.39 is 8.80 Å². The molecule has 0 spiro atoms. The Balaban J connectivity index is 1.97. The van der Waals surface area contributed by atoms with Gasteiger partial charge in [-0.3, -0.25) is 9.32 Å². The number of hydrogen-bond acceptors (Lipinski definition) is 6. The summed E-state index contributed by atoms with van der Waals surface area (Å²) in [7, 11) is -3.15. The fraction of sp³-hybridized carbons (Fsp3) is 0.963. The molecule has 0 aromatic heterocycles. The van der Waals surface area contributed by atoms with Crippen molar-refractivity contribution in [3.8, 4) is 0 Å². The molecule has 0 aromatic rings. The van der Waals surface area contributed by atoms with Gasteiger partial charge < -0.3 is 9.22 Å². The van der Waals surface area contributed by atoms with Gasteiger partial charge in [0.05, 0.1) is 0 Å². The van der Waals surface area contributed by atoms with Gasteiger partial charge in [-0.25, -0.2) is 5.48 Å². The summed E-state index contributed by atoms with van der Waals surface area (Å²) in [4.78, 5) is 22.4. The molecule has 0 amide bonds. The fourth-order valence-electron chi connectivity index (χ4n) is 4.48. The van der Waals surface area contributed by atoms with Crippen LogP contribution in [0.3, 0.4) is 0 Å². The molecule has 1 aliphatic heterocycles. The van der Waals surface area contributed by atoms with Crippen LogP contribution in [0.15, 0.2) is 0 Å². The lowest BCUT2D eigenvalue weighted by Gasteiger charge is -2.29. The molecule has 2 N–H and O–H groups in total. The van der Waals surface area contributed by atoms with E-state index in [1.54, 1.807) is 0 Å². The van der Waals surface area contributed by atoms with Gasteiger partial charge in [-0.1, -0.05) is 116 Å². The summed E-state index contributed by atoms with van der Waals surface area (Å²) in [6.45, 7) is 5.75. The molecule has 1 aliphatic rings. The molecular formula is C27H55NO4SSi. The molecule has 0 bridgehead atoms. The van der Waals surface area contributed by atoms with Gasteiger partial charge in [-0.15, -0.1) is 0 Å². The minimum atomic E-state index is -3.15. The zero-order valence-corrected chi connectivity index (χ0v) is 24.2. The first-order valence-electron chi connectivity index (χ1n) is 14.5. The Labute approximate surface area is 216 Å². The van der Waals surface area contributed by atoms with Crippen LogP contribution in [0.5, 0.6) is 0 Å². The van der Waals surface area contributed by atoms with Crippen LogP contribution in [0.1, 0.15) is 136 Å². The SMILES string of the molecule is CCCCCCCCCCCCCCCC1CCO[Si](O)(CCCSC(=O)CCCC)ONC1. The number of hydrogen-bond donors (Lipinski definition) is 2. The van der Waals surface area contributed by atoms with E-state index in [0.717, 1.165) is 38.0 Å². The third-order valence-corrected chi connectivity index (χ3v) is 9.93. The molecular weight excluding hydrogens is 462 g/mol. The average Bonchev–Trinajstić information content (AvgIpc) is 2.81. The number of hydroxylamine groups is 1. The number of thioether (sulfide) groups is 1. The topological polar surface area (TPSA) is 67.8 Å². The summed E-state index contributed by atoms with van der Waals surface area (Å²) in [6, 6.07) is 0.511. The van der Waals surface area contributed by atoms with Gasteiger partial charge in [0.25, 0.3) is 0 Å². The van der Waals surface area contributed by atoms with E-state index in [4.69, 9.17) is 8.95 Å². The molecule has 2 unspecified atom stereocenters. The summed E-state index contributed by atoms with van der Waals surface area (Å²) >= 11 is 1.38.